The van der Waals surface area contributed by atoms with Gasteiger partial charge in [0, 0.05) is 23.1 Å². The zero-order chi connectivity index (χ0) is 20.7. The molecule has 2 atom stereocenters. The Labute approximate surface area is 176 Å². The molecule has 5 nitrogen and oxygen atoms in total. The van der Waals surface area contributed by atoms with Gasteiger partial charge in [0.15, 0.2) is 0 Å². The molecule has 2 aliphatic rings. The maximum atomic E-state index is 13.7. The summed E-state index contributed by atoms with van der Waals surface area (Å²) in [5, 5.41) is 1.14. The van der Waals surface area contributed by atoms with Crippen molar-refractivity contribution in [3.8, 4) is 0 Å². The number of fused-ring (bicyclic) bond motifs is 3. The highest BCUT2D eigenvalue weighted by Gasteiger charge is 2.43. The second-order valence-corrected chi connectivity index (χ2v) is 8.20. The van der Waals surface area contributed by atoms with Crippen molar-refractivity contribution in [1.82, 2.24) is 9.47 Å². The van der Waals surface area contributed by atoms with Crippen molar-refractivity contribution < 1.29 is 14.3 Å². The number of rotatable bonds is 4. The lowest BCUT2D eigenvalue weighted by molar-refractivity contribution is -0.131. The molecule has 2 amide bonds. The molecule has 1 aliphatic heterocycles. The fraction of sp³-hybridized carbons (Fsp3) is 0.360. The minimum atomic E-state index is -0.507. The molecule has 2 aromatic carbocycles. The van der Waals surface area contributed by atoms with E-state index in [4.69, 9.17) is 4.74 Å². The molecule has 2 unspecified atom stereocenters. The standard InChI is InChI=1S/C25H26N2O3/c1-2-26-21-13-7-6-11-19(21)23-20(12-8-14-22(23)26)24(28)27-18(16-30-25(27)29)15-17-9-4-3-5-10-17/h3-7,9-11,13,18,20H,2,8,12,14-16H2,1H3. The van der Waals surface area contributed by atoms with Crippen molar-refractivity contribution >= 4 is 22.9 Å². The summed E-state index contributed by atoms with van der Waals surface area (Å²) in [7, 11) is 0. The van der Waals surface area contributed by atoms with Crippen LogP contribution in [0.5, 0.6) is 0 Å². The average molecular weight is 402 g/mol. The van der Waals surface area contributed by atoms with Crippen LogP contribution in [0, 0.1) is 0 Å². The van der Waals surface area contributed by atoms with Crippen LogP contribution in [-0.2, 0) is 28.9 Å². The Balaban J connectivity index is 1.52. The molecule has 1 fully saturated rings. The Morgan fingerprint density at radius 2 is 1.87 bits per heavy atom. The van der Waals surface area contributed by atoms with Crippen LogP contribution in [0.1, 0.15) is 42.5 Å². The monoisotopic (exact) mass is 402 g/mol. The number of aryl methyl sites for hydroxylation is 1. The van der Waals surface area contributed by atoms with E-state index in [1.165, 1.54) is 16.1 Å². The van der Waals surface area contributed by atoms with Crippen LogP contribution in [0.2, 0.25) is 0 Å². The number of benzene rings is 2. The lowest BCUT2D eigenvalue weighted by atomic mass is 9.83. The lowest BCUT2D eigenvalue weighted by Crippen LogP contribution is -2.43. The molecule has 30 heavy (non-hydrogen) atoms. The van der Waals surface area contributed by atoms with E-state index in [0.29, 0.717) is 6.42 Å². The molecule has 0 N–H and O–H groups in total. The molecule has 2 heterocycles. The van der Waals surface area contributed by atoms with Gasteiger partial charge in [0.2, 0.25) is 5.91 Å². The van der Waals surface area contributed by atoms with Gasteiger partial charge in [0.25, 0.3) is 0 Å². The number of para-hydroxylation sites is 1. The predicted molar refractivity (Wildman–Crippen MR) is 115 cm³/mol. The third-order valence-corrected chi connectivity index (χ3v) is 6.50. The smallest absolute Gasteiger partial charge is 0.417 e. The molecule has 0 saturated carbocycles. The first-order valence-corrected chi connectivity index (χ1v) is 10.8. The van der Waals surface area contributed by atoms with Crippen LogP contribution in [0.3, 0.4) is 0 Å². The van der Waals surface area contributed by atoms with Crippen molar-refractivity contribution in [3.05, 3.63) is 71.4 Å². The third kappa shape index (κ3) is 3.00. The number of aromatic nitrogens is 1. The first-order valence-electron chi connectivity index (χ1n) is 10.8. The summed E-state index contributed by atoms with van der Waals surface area (Å²) in [4.78, 5) is 27.7. The zero-order valence-corrected chi connectivity index (χ0v) is 17.2. The number of nitrogens with zero attached hydrogens (tertiary/aromatic N) is 2. The van der Waals surface area contributed by atoms with Gasteiger partial charge in [-0.25, -0.2) is 9.69 Å². The van der Waals surface area contributed by atoms with Gasteiger partial charge < -0.3 is 9.30 Å². The molecule has 1 aromatic heterocycles. The maximum absolute atomic E-state index is 13.7. The summed E-state index contributed by atoms with van der Waals surface area (Å²) in [6.45, 7) is 3.28. The van der Waals surface area contributed by atoms with Crippen molar-refractivity contribution in [2.45, 2.75) is 51.1 Å². The number of ether oxygens (including phenoxy) is 1. The lowest BCUT2D eigenvalue weighted by Gasteiger charge is -2.28. The summed E-state index contributed by atoms with van der Waals surface area (Å²) < 4.78 is 7.65. The Morgan fingerprint density at radius 3 is 2.67 bits per heavy atom. The van der Waals surface area contributed by atoms with Crippen molar-refractivity contribution in [2.24, 2.45) is 0 Å². The maximum Gasteiger partial charge on any atom is 0.417 e. The van der Waals surface area contributed by atoms with Gasteiger partial charge in [-0.2, -0.15) is 0 Å². The van der Waals surface area contributed by atoms with Gasteiger partial charge in [0.1, 0.15) is 6.61 Å². The second-order valence-electron chi connectivity index (χ2n) is 8.20. The molecule has 1 aliphatic carbocycles. The highest BCUT2D eigenvalue weighted by Crippen LogP contribution is 2.41. The highest BCUT2D eigenvalue weighted by molar-refractivity contribution is 6.00. The summed E-state index contributed by atoms with van der Waals surface area (Å²) in [6.07, 6.45) is 2.80. The van der Waals surface area contributed by atoms with E-state index >= 15 is 0 Å². The van der Waals surface area contributed by atoms with E-state index in [1.807, 2.05) is 42.5 Å². The topological polar surface area (TPSA) is 51.5 Å². The number of hydrogen-bond acceptors (Lipinski definition) is 3. The van der Waals surface area contributed by atoms with Crippen LogP contribution >= 0.6 is 0 Å². The van der Waals surface area contributed by atoms with Gasteiger partial charge in [0.05, 0.1) is 12.0 Å². The fourth-order valence-corrected chi connectivity index (χ4v) is 5.20. The quantitative estimate of drug-likeness (QED) is 0.637. The van der Waals surface area contributed by atoms with Crippen molar-refractivity contribution in [1.29, 1.82) is 0 Å². The van der Waals surface area contributed by atoms with Crippen LogP contribution in [0.25, 0.3) is 10.9 Å². The molecule has 0 bridgehead atoms. The van der Waals surface area contributed by atoms with E-state index in [1.54, 1.807) is 0 Å². The van der Waals surface area contributed by atoms with E-state index in [0.717, 1.165) is 42.3 Å². The Bertz CT molecular complexity index is 1100. The molecule has 154 valence electrons. The van der Waals surface area contributed by atoms with Gasteiger partial charge >= 0.3 is 6.09 Å². The number of cyclic esters (lactones) is 1. The summed E-state index contributed by atoms with van der Waals surface area (Å²) >= 11 is 0. The van der Waals surface area contributed by atoms with Crippen LogP contribution in [-0.4, -0.2) is 34.1 Å². The molecular formula is C25H26N2O3. The first kappa shape index (κ1) is 18.9. The van der Waals surface area contributed by atoms with Crippen molar-refractivity contribution in [3.63, 3.8) is 0 Å². The van der Waals surface area contributed by atoms with Gasteiger partial charge in [-0.3, -0.25) is 4.79 Å². The Kier molecular flexibility index (Phi) is 4.81. The molecule has 5 rings (SSSR count). The van der Waals surface area contributed by atoms with E-state index in [-0.39, 0.29) is 24.5 Å². The second kappa shape index (κ2) is 7.63. The SMILES string of the molecule is CCn1c2c(c3ccccc31)C(C(=O)N1C(=O)OCC1Cc1ccccc1)CCC2. The van der Waals surface area contributed by atoms with Gasteiger partial charge in [-0.15, -0.1) is 0 Å². The van der Waals surface area contributed by atoms with Gasteiger partial charge in [-0.1, -0.05) is 48.5 Å². The molecule has 3 aromatic rings. The number of carbonyl (C=O) groups excluding carboxylic acids is 2. The Hall–Kier alpha value is -3.08. The zero-order valence-electron chi connectivity index (χ0n) is 17.2. The van der Waals surface area contributed by atoms with E-state index < -0.39 is 6.09 Å². The number of imide groups is 1. The van der Waals surface area contributed by atoms with Crippen molar-refractivity contribution in [2.75, 3.05) is 6.61 Å². The molecular weight excluding hydrogens is 376 g/mol. The molecule has 0 radical (unpaired) electrons. The summed E-state index contributed by atoms with van der Waals surface area (Å²) in [5.41, 5.74) is 4.64. The molecule has 0 spiro atoms. The number of carbonyl (C=O) groups is 2. The van der Waals surface area contributed by atoms with Crippen LogP contribution < -0.4 is 0 Å². The summed E-state index contributed by atoms with van der Waals surface area (Å²) in [6, 6.07) is 18.0. The number of amides is 2. The van der Waals surface area contributed by atoms with Gasteiger partial charge in [-0.05, 0) is 49.8 Å². The summed E-state index contributed by atoms with van der Waals surface area (Å²) in [5.74, 6) is -0.409. The average Bonchev–Trinajstić information content (AvgIpc) is 3.31. The van der Waals surface area contributed by atoms with E-state index in [2.05, 4.69) is 23.6 Å². The minimum Gasteiger partial charge on any atom is -0.447 e. The minimum absolute atomic E-state index is 0.113. The third-order valence-electron chi connectivity index (χ3n) is 6.50. The largest absolute Gasteiger partial charge is 0.447 e. The van der Waals surface area contributed by atoms with Crippen LogP contribution in [0.15, 0.2) is 54.6 Å². The first-order chi connectivity index (χ1) is 14.7. The molecule has 1 saturated heterocycles. The molecule has 5 heteroatoms. The van der Waals surface area contributed by atoms with Crippen LogP contribution in [0.4, 0.5) is 4.79 Å². The predicted octanol–water partition coefficient (Wildman–Crippen LogP) is 4.67. The highest BCUT2D eigenvalue weighted by atomic mass is 16.6. The number of hydrogen-bond donors (Lipinski definition) is 0. The fourth-order valence-electron chi connectivity index (χ4n) is 5.20. The van der Waals surface area contributed by atoms with E-state index in [9.17, 15) is 9.59 Å². The Morgan fingerprint density at radius 1 is 1.10 bits per heavy atom. The normalized spacial score (nSPS) is 21.0.